The average molecular weight is 327 g/mol. The largest absolute Gasteiger partial charge is 0.348 e. The summed E-state index contributed by atoms with van der Waals surface area (Å²) in [6.07, 6.45) is 3.16. The lowest BCUT2D eigenvalue weighted by Gasteiger charge is -2.07. The van der Waals surface area contributed by atoms with Gasteiger partial charge in [0.05, 0.1) is 0 Å². The molecule has 2 rings (SSSR count). The number of nitrogens with one attached hydrogen (secondary N) is 1. The van der Waals surface area contributed by atoms with Crippen molar-refractivity contribution in [1.29, 1.82) is 0 Å². The molecule has 0 atom stereocenters. The molecule has 1 amide bonds. The highest BCUT2D eigenvalue weighted by Crippen LogP contribution is 2.19. The molecule has 0 spiro atoms. The zero-order chi connectivity index (χ0) is 13.8. The lowest BCUT2D eigenvalue weighted by Crippen LogP contribution is -2.25. The molecule has 0 fully saturated rings. The minimum atomic E-state index is -0.907. The quantitative estimate of drug-likeness (QED) is 0.941. The maximum Gasteiger partial charge on any atom is 0.257 e. The van der Waals surface area contributed by atoms with Crippen LogP contribution in [-0.4, -0.2) is 10.9 Å². The van der Waals surface area contributed by atoms with E-state index in [4.69, 9.17) is 0 Å². The number of pyridine rings is 1. The normalized spacial score (nSPS) is 10.3. The average Bonchev–Trinajstić information content (AvgIpc) is 2.36. The molecule has 1 aromatic carbocycles. The molecule has 1 heterocycles. The van der Waals surface area contributed by atoms with Crippen LogP contribution >= 0.6 is 15.9 Å². The fourth-order valence-corrected chi connectivity index (χ4v) is 1.93. The van der Waals surface area contributed by atoms with E-state index in [1.807, 2.05) is 0 Å². The monoisotopic (exact) mass is 326 g/mol. The third-order valence-electron chi connectivity index (χ3n) is 2.41. The van der Waals surface area contributed by atoms with Gasteiger partial charge in [-0.25, -0.2) is 8.78 Å². The van der Waals surface area contributed by atoms with Crippen LogP contribution < -0.4 is 5.32 Å². The molecular weight excluding hydrogens is 318 g/mol. The minimum absolute atomic E-state index is 0.154. The number of nitrogens with zero attached hydrogens (tertiary/aromatic N) is 1. The van der Waals surface area contributed by atoms with Gasteiger partial charge < -0.3 is 5.32 Å². The molecule has 0 aliphatic carbocycles. The van der Waals surface area contributed by atoms with Crippen molar-refractivity contribution >= 4 is 21.8 Å². The Morgan fingerprint density at radius 3 is 2.58 bits per heavy atom. The Hall–Kier alpha value is -1.82. The number of hydrogen-bond donors (Lipinski definition) is 1. The van der Waals surface area contributed by atoms with Crippen molar-refractivity contribution in [2.75, 3.05) is 0 Å². The maximum absolute atomic E-state index is 13.5. The minimum Gasteiger partial charge on any atom is -0.348 e. The molecule has 1 N–H and O–H groups in total. The number of rotatable bonds is 3. The van der Waals surface area contributed by atoms with Crippen LogP contribution in [0.2, 0.25) is 0 Å². The number of carbonyl (C=O) groups is 1. The second-order valence-electron chi connectivity index (χ2n) is 3.79. The molecule has 1 aromatic heterocycles. The third kappa shape index (κ3) is 3.35. The Balaban J connectivity index is 2.13. The molecule has 19 heavy (non-hydrogen) atoms. The summed E-state index contributed by atoms with van der Waals surface area (Å²) in [7, 11) is 0. The zero-order valence-corrected chi connectivity index (χ0v) is 11.2. The van der Waals surface area contributed by atoms with E-state index >= 15 is 0 Å². The van der Waals surface area contributed by atoms with Crippen LogP contribution in [0.15, 0.2) is 41.1 Å². The summed E-state index contributed by atoms with van der Waals surface area (Å²) >= 11 is 2.95. The van der Waals surface area contributed by atoms with Crippen LogP contribution in [0.3, 0.4) is 0 Å². The van der Waals surface area contributed by atoms with E-state index in [0.717, 1.165) is 17.7 Å². The topological polar surface area (TPSA) is 42.0 Å². The smallest absolute Gasteiger partial charge is 0.257 e. The molecule has 0 saturated carbocycles. The predicted octanol–water partition coefficient (Wildman–Crippen LogP) is 3.05. The highest BCUT2D eigenvalue weighted by molar-refractivity contribution is 9.10. The zero-order valence-electron chi connectivity index (χ0n) is 9.66. The van der Waals surface area contributed by atoms with Gasteiger partial charge >= 0.3 is 0 Å². The Labute approximate surface area is 116 Å². The molecule has 0 unspecified atom stereocenters. The van der Waals surface area contributed by atoms with Crippen LogP contribution in [0.25, 0.3) is 0 Å². The first-order valence-corrected chi connectivity index (χ1v) is 6.19. The SMILES string of the molecule is O=C(NCc1cccnc1)c1c(F)cc(Br)cc1F. The lowest BCUT2D eigenvalue weighted by molar-refractivity contribution is 0.0942. The highest BCUT2D eigenvalue weighted by atomic mass is 79.9. The first kappa shape index (κ1) is 13.6. The second-order valence-corrected chi connectivity index (χ2v) is 4.70. The van der Waals surface area contributed by atoms with Crippen molar-refractivity contribution in [2.24, 2.45) is 0 Å². The van der Waals surface area contributed by atoms with Crippen molar-refractivity contribution in [3.05, 3.63) is 63.9 Å². The van der Waals surface area contributed by atoms with E-state index in [2.05, 4.69) is 26.2 Å². The van der Waals surface area contributed by atoms with Crippen LogP contribution in [0.1, 0.15) is 15.9 Å². The van der Waals surface area contributed by atoms with Crippen molar-refractivity contribution in [3.63, 3.8) is 0 Å². The summed E-state index contributed by atoms with van der Waals surface area (Å²) in [6, 6.07) is 5.55. The van der Waals surface area contributed by atoms with E-state index < -0.39 is 23.1 Å². The lowest BCUT2D eigenvalue weighted by atomic mass is 10.2. The van der Waals surface area contributed by atoms with Crippen LogP contribution in [-0.2, 0) is 6.54 Å². The molecule has 0 radical (unpaired) electrons. The molecule has 0 saturated heterocycles. The number of halogens is 3. The Morgan fingerprint density at radius 1 is 1.32 bits per heavy atom. The fraction of sp³-hybridized carbons (Fsp3) is 0.0769. The summed E-state index contributed by atoms with van der Waals surface area (Å²) in [4.78, 5) is 15.6. The molecule has 98 valence electrons. The number of benzene rings is 1. The van der Waals surface area contributed by atoms with Crippen LogP contribution in [0.4, 0.5) is 8.78 Å². The first-order chi connectivity index (χ1) is 9.08. The molecule has 0 aliphatic rings. The van der Waals surface area contributed by atoms with E-state index in [1.165, 1.54) is 0 Å². The van der Waals surface area contributed by atoms with Gasteiger partial charge in [0.25, 0.3) is 5.91 Å². The van der Waals surface area contributed by atoms with Gasteiger partial charge in [-0.05, 0) is 23.8 Å². The van der Waals surface area contributed by atoms with E-state index in [1.54, 1.807) is 24.5 Å². The van der Waals surface area contributed by atoms with Crippen LogP contribution in [0, 0.1) is 11.6 Å². The fourth-order valence-electron chi connectivity index (χ4n) is 1.53. The van der Waals surface area contributed by atoms with Gasteiger partial charge in [-0.1, -0.05) is 22.0 Å². The van der Waals surface area contributed by atoms with Gasteiger partial charge in [-0.15, -0.1) is 0 Å². The second kappa shape index (κ2) is 5.88. The first-order valence-electron chi connectivity index (χ1n) is 5.39. The Morgan fingerprint density at radius 2 is 2.00 bits per heavy atom. The standard InChI is InChI=1S/C13H9BrF2N2O/c14-9-4-10(15)12(11(16)5-9)13(19)18-7-8-2-1-3-17-6-8/h1-6H,7H2,(H,18,19). The van der Waals surface area contributed by atoms with Gasteiger partial charge in [0.2, 0.25) is 0 Å². The number of aromatic nitrogens is 1. The van der Waals surface area contributed by atoms with Gasteiger partial charge in [0.15, 0.2) is 0 Å². The third-order valence-corrected chi connectivity index (χ3v) is 2.87. The van der Waals surface area contributed by atoms with E-state index in [9.17, 15) is 13.6 Å². The summed E-state index contributed by atoms with van der Waals surface area (Å²) in [5.41, 5.74) is 0.154. The molecule has 3 nitrogen and oxygen atoms in total. The Kier molecular flexibility index (Phi) is 4.21. The van der Waals surface area contributed by atoms with Gasteiger partial charge in [-0.2, -0.15) is 0 Å². The van der Waals surface area contributed by atoms with Crippen molar-refractivity contribution in [3.8, 4) is 0 Å². The highest BCUT2D eigenvalue weighted by Gasteiger charge is 2.17. The molecule has 0 bridgehead atoms. The molecule has 2 aromatic rings. The summed E-state index contributed by atoms with van der Waals surface area (Å²) in [5.74, 6) is -2.61. The summed E-state index contributed by atoms with van der Waals surface area (Å²) in [5, 5.41) is 2.44. The summed E-state index contributed by atoms with van der Waals surface area (Å²) < 4.78 is 27.3. The summed E-state index contributed by atoms with van der Waals surface area (Å²) in [6.45, 7) is 0.154. The molecule has 0 aliphatic heterocycles. The number of hydrogen-bond acceptors (Lipinski definition) is 2. The maximum atomic E-state index is 13.5. The molecule has 6 heteroatoms. The van der Waals surface area contributed by atoms with Crippen molar-refractivity contribution < 1.29 is 13.6 Å². The van der Waals surface area contributed by atoms with Crippen molar-refractivity contribution in [1.82, 2.24) is 10.3 Å². The Bertz CT molecular complexity index is 582. The number of carbonyl (C=O) groups excluding carboxylic acids is 1. The number of amides is 1. The predicted molar refractivity (Wildman–Crippen MR) is 69.5 cm³/mol. The van der Waals surface area contributed by atoms with Crippen LogP contribution in [0.5, 0.6) is 0 Å². The molecular formula is C13H9BrF2N2O. The van der Waals surface area contributed by atoms with E-state index in [-0.39, 0.29) is 11.0 Å². The van der Waals surface area contributed by atoms with E-state index in [0.29, 0.717) is 0 Å². The van der Waals surface area contributed by atoms with Gasteiger partial charge in [-0.3, -0.25) is 9.78 Å². The van der Waals surface area contributed by atoms with Gasteiger partial charge in [0, 0.05) is 23.4 Å². The van der Waals surface area contributed by atoms with Crippen molar-refractivity contribution in [2.45, 2.75) is 6.54 Å². The van der Waals surface area contributed by atoms with Gasteiger partial charge in [0.1, 0.15) is 17.2 Å².